The molecule has 1 heterocycles. The molecule has 0 aliphatic heterocycles. The van der Waals surface area contributed by atoms with Gasteiger partial charge < -0.3 is 10.1 Å². The molecule has 0 saturated carbocycles. The van der Waals surface area contributed by atoms with Crippen LogP contribution in [0.5, 0.6) is 0 Å². The minimum Gasteiger partial charge on any atom is -0.383 e. The van der Waals surface area contributed by atoms with Crippen molar-refractivity contribution in [3.8, 4) is 0 Å². The van der Waals surface area contributed by atoms with E-state index in [0.717, 1.165) is 6.26 Å². The fourth-order valence-electron chi connectivity index (χ4n) is 2.68. The van der Waals surface area contributed by atoms with Crippen molar-refractivity contribution in [1.82, 2.24) is 4.98 Å². The molecule has 0 saturated heterocycles. The summed E-state index contributed by atoms with van der Waals surface area (Å²) in [5.74, 6) is 0. The molecular formula is C19H21N3O5S2. The molecule has 0 atom stereocenters. The molecule has 154 valence electrons. The molecule has 0 bridgehead atoms. The molecule has 2 aromatic carbocycles. The van der Waals surface area contributed by atoms with Crippen molar-refractivity contribution in [2.24, 2.45) is 0 Å². The van der Waals surface area contributed by atoms with Crippen molar-refractivity contribution in [2.75, 3.05) is 36.6 Å². The second kappa shape index (κ2) is 8.36. The number of sulfone groups is 1. The minimum atomic E-state index is -4.00. The summed E-state index contributed by atoms with van der Waals surface area (Å²) in [5.41, 5.74) is 1.23. The molecule has 0 radical (unpaired) electrons. The number of ether oxygens (including phenoxy) is 1. The summed E-state index contributed by atoms with van der Waals surface area (Å²) in [4.78, 5) is 4.16. The molecule has 8 nitrogen and oxygen atoms in total. The monoisotopic (exact) mass is 435 g/mol. The topological polar surface area (TPSA) is 114 Å². The lowest BCUT2D eigenvalue weighted by Gasteiger charge is -2.15. The van der Waals surface area contributed by atoms with Gasteiger partial charge in [0, 0.05) is 31.5 Å². The van der Waals surface area contributed by atoms with Crippen molar-refractivity contribution in [2.45, 2.75) is 9.79 Å². The minimum absolute atomic E-state index is 0.00382. The van der Waals surface area contributed by atoms with Crippen LogP contribution in [0, 0.1) is 0 Å². The molecule has 0 amide bonds. The number of methoxy groups -OCH3 is 1. The number of anilines is 2. The van der Waals surface area contributed by atoms with E-state index in [-0.39, 0.29) is 15.5 Å². The van der Waals surface area contributed by atoms with Gasteiger partial charge in [-0.3, -0.25) is 9.71 Å². The highest BCUT2D eigenvalue weighted by molar-refractivity contribution is 7.92. The first-order chi connectivity index (χ1) is 13.7. The van der Waals surface area contributed by atoms with E-state index in [0.29, 0.717) is 29.7 Å². The van der Waals surface area contributed by atoms with Crippen LogP contribution in [-0.2, 0) is 24.6 Å². The van der Waals surface area contributed by atoms with E-state index in [2.05, 4.69) is 15.0 Å². The lowest BCUT2D eigenvalue weighted by molar-refractivity contribution is 0.211. The standard InChI is InChI=1S/C19H21N3O5S2/c1-27-10-9-20-18-8-7-15(28(2,23)24)12-19(18)22-29(25,26)16-11-14-5-3-4-6-17(14)21-13-16/h3-8,11-13,20,22H,9-10H2,1-2H3. The Morgan fingerprint density at radius 3 is 2.45 bits per heavy atom. The Bertz CT molecular complexity index is 1240. The van der Waals surface area contributed by atoms with Gasteiger partial charge >= 0.3 is 0 Å². The second-order valence-electron chi connectivity index (χ2n) is 6.37. The number of para-hydroxylation sites is 1. The zero-order chi connectivity index (χ0) is 21.1. The Morgan fingerprint density at radius 1 is 0.966 bits per heavy atom. The Kier molecular flexibility index (Phi) is 6.06. The third-order valence-corrected chi connectivity index (χ3v) is 6.60. The molecule has 0 spiro atoms. The van der Waals surface area contributed by atoms with Gasteiger partial charge in [0.1, 0.15) is 4.90 Å². The average molecular weight is 436 g/mol. The van der Waals surface area contributed by atoms with Gasteiger partial charge in [0.15, 0.2) is 9.84 Å². The number of hydrogen-bond acceptors (Lipinski definition) is 7. The quantitative estimate of drug-likeness (QED) is 0.523. The van der Waals surface area contributed by atoms with Gasteiger partial charge in [-0.2, -0.15) is 0 Å². The van der Waals surface area contributed by atoms with E-state index in [1.54, 1.807) is 25.3 Å². The largest absolute Gasteiger partial charge is 0.383 e. The molecule has 1 aromatic heterocycles. The van der Waals surface area contributed by atoms with Gasteiger partial charge in [0.25, 0.3) is 10.0 Å². The Balaban J connectivity index is 2.00. The Labute approximate surface area is 169 Å². The molecule has 3 rings (SSSR count). The van der Waals surface area contributed by atoms with Crippen molar-refractivity contribution >= 4 is 42.1 Å². The predicted molar refractivity (Wildman–Crippen MR) is 112 cm³/mol. The smallest absolute Gasteiger partial charge is 0.263 e. The van der Waals surface area contributed by atoms with Crippen molar-refractivity contribution < 1.29 is 21.6 Å². The molecule has 0 fully saturated rings. The number of hydrogen-bond donors (Lipinski definition) is 2. The van der Waals surface area contributed by atoms with E-state index in [9.17, 15) is 16.8 Å². The van der Waals surface area contributed by atoms with Crippen molar-refractivity contribution in [3.05, 3.63) is 54.7 Å². The van der Waals surface area contributed by atoms with Gasteiger partial charge in [0.2, 0.25) is 0 Å². The highest BCUT2D eigenvalue weighted by Crippen LogP contribution is 2.28. The molecule has 29 heavy (non-hydrogen) atoms. The summed E-state index contributed by atoms with van der Waals surface area (Å²) >= 11 is 0. The molecule has 0 aliphatic rings. The number of nitrogens with zero attached hydrogens (tertiary/aromatic N) is 1. The second-order valence-corrected chi connectivity index (χ2v) is 10.1. The van der Waals surface area contributed by atoms with Crippen LogP contribution in [0.4, 0.5) is 11.4 Å². The lowest BCUT2D eigenvalue weighted by atomic mass is 10.2. The first kappa shape index (κ1) is 21.0. The summed E-state index contributed by atoms with van der Waals surface area (Å²) in [6.45, 7) is 0.815. The van der Waals surface area contributed by atoms with Crippen LogP contribution in [-0.4, -0.2) is 48.3 Å². The first-order valence-corrected chi connectivity index (χ1v) is 12.0. The fraction of sp³-hybridized carbons (Fsp3) is 0.211. The molecule has 0 aliphatic carbocycles. The molecule has 0 unspecified atom stereocenters. The van der Waals surface area contributed by atoms with Crippen LogP contribution >= 0.6 is 0 Å². The van der Waals surface area contributed by atoms with Crippen LogP contribution < -0.4 is 10.0 Å². The van der Waals surface area contributed by atoms with Crippen molar-refractivity contribution in [1.29, 1.82) is 0 Å². The Hall–Kier alpha value is -2.69. The molecule has 10 heteroatoms. The number of nitrogens with one attached hydrogen (secondary N) is 2. The Morgan fingerprint density at radius 2 is 1.72 bits per heavy atom. The maximum atomic E-state index is 12.9. The number of pyridine rings is 1. The molecular weight excluding hydrogens is 414 g/mol. The van der Waals surface area contributed by atoms with E-state index in [1.807, 2.05) is 6.07 Å². The summed E-state index contributed by atoms with van der Waals surface area (Å²) in [5, 5.41) is 3.71. The number of aromatic nitrogens is 1. The van der Waals surface area contributed by atoms with Crippen LogP contribution in [0.15, 0.2) is 64.5 Å². The third-order valence-electron chi connectivity index (χ3n) is 4.16. The number of rotatable bonds is 8. The van der Waals surface area contributed by atoms with Gasteiger partial charge in [0.05, 0.1) is 28.4 Å². The first-order valence-electron chi connectivity index (χ1n) is 8.65. The SMILES string of the molecule is COCCNc1ccc(S(C)(=O)=O)cc1NS(=O)(=O)c1cnc2ccccc2c1. The van der Waals surface area contributed by atoms with Gasteiger partial charge in [-0.25, -0.2) is 16.8 Å². The van der Waals surface area contributed by atoms with Crippen LogP contribution in [0.25, 0.3) is 10.9 Å². The summed E-state index contributed by atoms with van der Waals surface area (Å²) in [7, 11) is -5.97. The summed E-state index contributed by atoms with van der Waals surface area (Å²) < 4.78 is 57.2. The number of benzene rings is 2. The van der Waals surface area contributed by atoms with Crippen LogP contribution in [0.2, 0.25) is 0 Å². The maximum Gasteiger partial charge on any atom is 0.263 e. The van der Waals surface area contributed by atoms with Crippen molar-refractivity contribution in [3.63, 3.8) is 0 Å². The van der Waals surface area contributed by atoms with Gasteiger partial charge in [-0.05, 0) is 30.3 Å². The lowest BCUT2D eigenvalue weighted by Crippen LogP contribution is -2.16. The average Bonchev–Trinajstić information content (AvgIpc) is 2.68. The fourth-order valence-corrected chi connectivity index (χ4v) is 4.38. The van der Waals surface area contributed by atoms with E-state index < -0.39 is 19.9 Å². The van der Waals surface area contributed by atoms with Gasteiger partial charge in [-0.15, -0.1) is 0 Å². The summed E-state index contributed by atoms with van der Waals surface area (Å²) in [6.07, 6.45) is 2.33. The van der Waals surface area contributed by atoms with E-state index in [1.165, 1.54) is 30.5 Å². The van der Waals surface area contributed by atoms with Crippen LogP contribution in [0.1, 0.15) is 0 Å². The molecule has 2 N–H and O–H groups in total. The number of sulfonamides is 1. The van der Waals surface area contributed by atoms with Crippen LogP contribution in [0.3, 0.4) is 0 Å². The van der Waals surface area contributed by atoms with Gasteiger partial charge in [-0.1, -0.05) is 18.2 Å². The van der Waals surface area contributed by atoms with E-state index >= 15 is 0 Å². The maximum absolute atomic E-state index is 12.9. The predicted octanol–water partition coefficient (Wildman–Crippen LogP) is 2.50. The molecule has 3 aromatic rings. The normalized spacial score (nSPS) is 12.1. The summed E-state index contributed by atoms with van der Waals surface area (Å²) in [6, 6.07) is 12.9. The number of fused-ring (bicyclic) bond motifs is 1. The third kappa shape index (κ3) is 5.03. The zero-order valence-electron chi connectivity index (χ0n) is 15.9. The highest BCUT2D eigenvalue weighted by Gasteiger charge is 2.19. The van der Waals surface area contributed by atoms with E-state index in [4.69, 9.17) is 4.74 Å². The zero-order valence-corrected chi connectivity index (χ0v) is 17.5. The highest BCUT2D eigenvalue weighted by atomic mass is 32.2.